The van der Waals surface area contributed by atoms with Gasteiger partial charge in [0.25, 0.3) is 17.7 Å². The molecule has 2 N–H and O–H groups in total. The van der Waals surface area contributed by atoms with E-state index in [9.17, 15) is 18.8 Å². The second-order valence-corrected chi connectivity index (χ2v) is 12.3. The Morgan fingerprint density at radius 1 is 1.05 bits per heavy atom. The molecule has 0 spiro atoms. The molecular formula is C33H29FN4O3S2. The van der Waals surface area contributed by atoms with Crippen molar-refractivity contribution in [2.24, 2.45) is 0 Å². The van der Waals surface area contributed by atoms with Gasteiger partial charge in [0.1, 0.15) is 16.4 Å². The van der Waals surface area contributed by atoms with Gasteiger partial charge in [0.2, 0.25) is 0 Å². The molecule has 6 rings (SSSR count). The van der Waals surface area contributed by atoms with E-state index in [4.69, 9.17) is 12.2 Å². The molecule has 2 aromatic carbocycles. The SMILES string of the molecule is Cc1ccc(NC(=O)c2c(-n3c(C)cc(/C=C4\C(=O)NC(=S)N(c5ccccc5F)C4=O)c3C)sc3c2CCCC3)cc1. The summed E-state index contributed by atoms with van der Waals surface area (Å²) in [5.41, 5.74) is 5.61. The summed E-state index contributed by atoms with van der Waals surface area (Å²) < 4.78 is 16.6. The van der Waals surface area contributed by atoms with Gasteiger partial charge in [-0.2, -0.15) is 0 Å². The highest BCUT2D eigenvalue weighted by molar-refractivity contribution is 7.80. The van der Waals surface area contributed by atoms with Crippen molar-refractivity contribution in [3.8, 4) is 5.00 Å². The number of carbonyl (C=O) groups excluding carboxylic acids is 3. The normalized spacial score (nSPS) is 16.0. The van der Waals surface area contributed by atoms with Crippen LogP contribution in [0.2, 0.25) is 0 Å². The fourth-order valence-electron chi connectivity index (χ4n) is 5.68. The minimum atomic E-state index is -0.714. The molecular weight excluding hydrogens is 584 g/mol. The molecule has 1 saturated heterocycles. The van der Waals surface area contributed by atoms with Crippen LogP contribution in [-0.2, 0) is 22.4 Å². The lowest BCUT2D eigenvalue weighted by Gasteiger charge is -2.29. The number of aromatic nitrogens is 1. The van der Waals surface area contributed by atoms with Crippen molar-refractivity contribution in [2.75, 3.05) is 10.2 Å². The van der Waals surface area contributed by atoms with E-state index in [2.05, 4.69) is 10.6 Å². The summed E-state index contributed by atoms with van der Waals surface area (Å²) in [5, 5.41) is 6.22. The van der Waals surface area contributed by atoms with Crippen LogP contribution in [0.25, 0.3) is 11.1 Å². The van der Waals surface area contributed by atoms with Crippen molar-refractivity contribution in [1.82, 2.24) is 9.88 Å². The third-order valence-electron chi connectivity index (χ3n) is 7.86. The zero-order valence-electron chi connectivity index (χ0n) is 23.9. The number of para-hydroxylation sites is 1. The number of aryl methyl sites for hydroxylation is 3. The van der Waals surface area contributed by atoms with E-state index in [1.54, 1.807) is 17.4 Å². The smallest absolute Gasteiger partial charge is 0.270 e. The Morgan fingerprint density at radius 3 is 2.51 bits per heavy atom. The van der Waals surface area contributed by atoms with Gasteiger partial charge < -0.3 is 9.88 Å². The maximum atomic E-state index is 14.6. The molecule has 0 unspecified atom stereocenters. The third-order valence-corrected chi connectivity index (χ3v) is 9.42. The molecule has 0 saturated carbocycles. The van der Waals surface area contributed by atoms with Crippen molar-refractivity contribution in [1.29, 1.82) is 0 Å². The van der Waals surface area contributed by atoms with Crippen LogP contribution >= 0.6 is 23.6 Å². The molecule has 1 aliphatic heterocycles. The number of anilines is 2. The largest absolute Gasteiger partial charge is 0.322 e. The predicted octanol–water partition coefficient (Wildman–Crippen LogP) is 6.57. The summed E-state index contributed by atoms with van der Waals surface area (Å²) in [6.45, 7) is 5.82. The van der Waals surface area contributed by atoms with Gasteiger partial charge >= 0.3 is 0 Å². The Balaban J connectivity index is 1.41. The molecule has 2 aliphatic rings. The van der Waals surface area contributed by atoms with E-state index in [1.807, 2.05) is 55.7 Å². The van der Waals surface area contributed by atoms with E-state index in [0.717, 1.165) is 63.8 Å². The van der Waals surface area contributed by atoms with Crippen molar-refractivity contribution < 1.29 is 18.8 Å². The fourth-order valence-corrected chi connectivity index (χ4v) is 7.46. The topological polar surface area (TPSA) is 83.4 Å². The highest BCUT2D eigenvalue weighted by Crippen LogP contribution is 2.39. The lowest BCUT2D eigenvalue weighted by atomic mass is 9.95. The first-order valence-corrected chi connectivity index (χ1v) is 15.2. The monoisotopic (exact) mass is 612 g/mol. The molecule has 1 aliphatic carbocycles. The van der Waals surface area contributed by atoms with Crippen molar-refractivity contribution in [3.05, 3.63) is 105 Å². The predicted molar refractivity (Wildman–Crippen MR) is 171 cm³/mol. The number of thiophene rings is 1. The molecule has 2 aromatic heterocycles. The Labute approximate surface area is 258 Å². The number of nitrogens with zero attached hydrogens (tertiary/aromatic N) is 2. The average Bonchev–Trinajstić information content (AvgIpc) is 3.48. The van der Waals surface area contributed by atoms with Gasteiger partial charge in [-0.1, -0.05) is 29.8 Å². The number of hydrogen-bond acceptors (Lipinski definition) is 5. The van der Waals surface area contributed by atoms with E-state index in [0.29, 0.717) is 11.1 Å². The van der Waals surface area contributed by atoms with Crippen molar-refractivity contribution in [2.45, 2.75) is 46.5 Å². The van der Waals surface area contributed by atoms with Gasteiger partial charge in [-0.05, 0) is 106 Å². The lowest BCUT2D eigenvalue weighted by Crippen LogP contribution is -2.54. The molecule has 218 valence electrons. The number of amides is 3. The first kappa shape index (κ1) is 28.7. The van der Waals surface area contributed by atoms with Gasteiger partial charge in [-0.15, -0.1) is 11.3 Å². The molecule has 43 heavy (non-hydrogen) atoms. The first-order valence-electron chi connectivity index (χ1n) is 14.0. The van der Waals surface area contributed by atoms with E-state index in [-0.39, 0.29) is 22.3 Å². The van der Waals surface area contributed by atoms with E-state index in [1.165, 1.54) is 29.2 Å². The number of thiocarbonyl (C=S) groups is 1. The van der Waals surface area contributed by atoms with Crippen molar-refractivity contribution >= 4 is 63.8 Å². The summed E-state index contributed by atoms with van der Waals surface area (Å²) in [4.78, 5) is 42.5. The molecule has 1 fully saturated rings. The maximum absolute atomic E-state index is 14.6. The van der Waals surface area contributed by atoms with Crippen LogP contribution in [0.15, 0.2) is 60.2 Å². The number of carbonyl (C=O) groups is 3. The molecule has 3 heterocycles. The Morgan fingerprint density at radius 2 is 1.77 bits per heavy atom. The quantitative estimate of drug-likeness (QED) is 0.152. The zero-order chi connectivity index (χ0) is 30.4. The number of nitrogens with one attached hydrogen (secondary N) is 2. The van der Waals surface area contributed by atoms with E-state index < -0.39 is 17.6 Å². The number of rotatable bonds is 5. The highest BCUT2D eigenvalue weighted by Gasteiger charge is 2.36. The second-order valence-electron chi connectivity index (χ2n) is 10.8. The molecule has 3 amide bonds. The summed E-state index contributed by atoms with van der Waals surface area (Å²) in [6, 6.07) is 15.4. The molecule has 0 bridgehead atoms. The number of halogens is 1. The molecule has 4 aromatic rings. The van der Waals surface area contributed by atoms with Gasteiger partial charge in [-0.3, -0.25) is 19.7 Å². The first-order chi connectivity index (χ1) is 20.6. The number of fused-ring (bicyclic) bond motifs is 1. The highest BCUT2D eigenvalue weighted by atomic mass is 32.1. The van der Waals surface area contributed by atoms with Crippen LogP contribution in [0.1, 0.15) is 56.2 Å². The van der Waals surface area contributed by atoms with Crippen LogP contribution in [0.5, 0.6) is 0 Å². The summed E-state index contributed by atoms with van der Waals surface area (Å²) in [5.74, 6) is -2.17. The summed E-state index contributed by atoms with van der Waals surface area (Å²) in [6.07, 6.45) is 5.35. The summed E-state index contributed by atoms with van der Waals surface area (Å²) >= 11 is 6.84. The summed E-state index contributed by atoms with van der Waals surface area (Å²) in [7, 11) is 0. The Hall–Kier alpha value is -4.41. The van der Waals surface area contributed by atoms with Crippen LogP contribution in [0.3, 0.4) is 0 Å². The number of hydrogen-bond donors (Lipinski definition) is 2. The van der Waals surface area contributed by atoms with E-state index >= 15 is 0 Å². The Kier molecular flexibility index (Phi) is 7.57. The molecule has 7 nitrogen and oxygen atoms in total. The van der Waals surface area contributed by atoms with Crippen molar-refractivity contribution in [3.63, 3.8) is 0 Å². The minimum Gasteiger partial charge on any atom is -0.322 e. The maximum Gasteiger partial charge on any atom is 0.270 e. The van der Waals surface area contributed by atoms with Gasteiger partial charge in [-0.25, -0.2) is 9.29 Å². The van der Waals surface area contributed by atoms with Crippen LogP contribution in [0.4, 0.5) is 15.8 Å². The fraction of sp³-hybridized carbons (Fsp3) is 0.212. The standard InChI is InChI=1S/C33H29FN4O3S2/c1-18-12-14-22(15-13-18)35-30(40)28-23-8-4-7-11-27(23)43-32(28)37-19(2)16-21(20(37)3)17-24-29(39)36-33(42)38(31(24)41)26-10-6-5-9-25(26)34/h5-6,9-10,12-17H,4,7-8,11H2,1-3H3,(H,35,40)(H,36,39,42)/b24-17+. The average molecular weight is 613 g/mol. The lowest BCUT2D eigenvalue weighted by molar-refractivity contribution is -0.122. The minimum absolute atomic E-state index is 0.0396. The van der Waals surface area contributed by atoms with Gasteiger partial charge in [0.05, 0.1) is 11.3 Å². The molecule has 10 heteroatoms. The molecule has 0 radical (unpaired) electrons. The van der Waals surface area contributed by atoms with Gasteiger partial charge in [0.15, 0.2) is 5.11 Å². The van der Waals surface area contributed by atoms with Crippen LogP contribution in [-0.4, -0.2) is 27.4 Å². The molecule has 0 atom stereocenters. The third kappa shape index (κ3) is 5.21. The Bertz CT molecular complexity index is 1850. The number of benzene rings is 2. The zero-order valence-corrected chi connectivity index (χ0v) is 25.5. The second kappa shape index (κ2) is 11.3. The van der Waals surface area contributed by atoms with Crippen LogP contribution < -0.4 is 15.5 Å². The van der Waals surface area contributed by atoms with Crippen LogP contribution in [0, 0.1) is 26.6 Å². The van der Waals surface area contributed by atoms with Gasteiger partial charge in [0, 0.05) is 22.0 Å².